The van der Waals surface area contributed by atoms with Gasteiger partial charge in [0.2, 0.25) is 0 Å². The van der Waals surface area contributed by atoms with E-state index in [0.29, 0.717) is 23.6 Å². The standard InChI is InChI=1S/C20H21FN2O4/c1-20(18(24)22-11-12-26-2)19(25)23(13-14-7-3-4-8-15(14)21)16-9-5-6-10-17(16)27-20/h3-10H,11-13H2,1-2H3,(H,22,24). The Hall–Kier alpha value is -2.93. The van der Waals surface area contributed by atoms with E-state index in [1.807, 2.05) is 0 Å². The number of nitrogens with one attached hydrogen (secondary N) is 1. The van der Waals surface area contributed by atoms with Crippen molar-refractivity contribution in [3.05, 3.63) is 59.9 Å². The van der Waals surface area contributed by atoms with E-state index in [2.05, 4.69) is 5.32 Å². The number of carbonyl (C=O) groups is 2. The molecule has 7 heteroatoms. The van der Waals surface area contributed by atoms with Gasteiger partial charge in [0.25, 0.3) is 17.4 Å². The van der Waals surface area contributed by atoms with Crippen LogP contribution in [0.3, 0.4) is 0 Å². The number of para-hydroxylation sites is 2. The Morgan fingerprint density at radius 1 is 1.22 bits per heavy atom. The molecule has 142 valence electrons. The molecule has 0 saturated carbocycles. The zero-order valence-corrected chi connectivity index (χ0v) is 15.2. The van der Waals surface area contributed by atoms with Crippen LogP contribution in [0.25, 0.3) is 0 Å². The van der Waals surface area contributed by atoms with Gasteiger partial charge in [0.15, 0.2) is 0 Å². The fourth-order valence-corrected chi connectivity index (χ4v) is 2.93. The molecular weight excluding hydrogens is 351 g/mol. The summed E-state index contributed by atoms with van der Waals surface area (Å²) in [6.45, 7) is 1.97. The average molecular weight is 372 g/mol. The van der Waals surface area contributed by atoms with Crippen LogP contribution in [0.4, 0.5) is 10.1 Å². The number of carbonyl (C=O) groups excluding carboxylic acids is 2. The largest absolute Gasteiger partial charge is 0.466 e. The molecule has 0 saturated heterocycles. The van der Waals surface area contributed by atoms with Gasteiger partial charge in [-0.3, -0.25) is 9.59 Å². The Morgan fingerprint density at radius 3 is 2.67 bits per heavy atom. The Bertz CT molecular complexity index is 857. The van der Waals surface area contributed by atoms with Crippen molar-refractivity contribution in [3.63, 3.8) is 0 Å². The van der Waals surface area contributed by atoms with Crippen LogP contribution in [0.15, 0.2) is 48.5 Å². The van der Waals surface area contributed by atoms with Crippen LogP contribution in [-0.2, 0) is 20.9 Å². The van der Waals surface area contributed by atoms with Gasteiger partial charge in [0.05, 0.1) is 18.8 Å². The first kappa shape index (κ1) is 18.8. The summed E-state index contributed by atoms with van der Waals surface area (Å²) < 4.78 is 24.8. The zero-order valence-electron chi connectivity index (χ0n) is 15.2. The van der Waals surface area contributed by atoms with Crippen LogP contribution in [0.2, 0.25) is 0 Å². The molecule has 0 bridgehead atoms. The Labute approximate surface area is 156 Å². The van der Waals surface area contributed by atoms with Crippen molar-refractivity contribution in [1.82, 2.24) is 5.32 Å². The summed E-state index contributed by atoms with van der Waals surface area (Å²) in [5, 5.41) is 2.64. The highest BCUT2D eigenvalue weighted by molar-refractivity contribution is 6.16. The van der Waals surface area contributed by atoms with Gasteiger partial charge in [-0.05, 0) is 25.1 Å². The summed E-state index contributed by atoms with van der Waals surface area (Å²) in [6.07, 6.45) is 0. The number of nitrogens with zero attached hydrogens (tertiary/aromatic N) is 1. The molecule has 3 rings (SSSR count). The van der Waals surface area contributed by atoms with Gasteiger partial charge in [0.1, 0.15) is 11.6 Å². The zero-order chi connectivity index (χ0) is 19.4. The van der Waals surface area contributed by atoms with E-state index in [1.165, 1.54) is 25.0 Å². The lowest BCUT2D eigenvalue weighted by atomic mass is 9.99. The predicted octanol–water partition coefficient (Wildman–Crippen LogP) is 2.27. The third kappa shape index (κ3) is 3.64. The SMILES string of the molecule is COCCNC(=O)C1(C)Oc2ccccc2N(Cc2ccccc2F)C1=O. The summed E-state index contributed by atoms with van der Waals surface area (Å²) in [5.74, 6) is -1.16. The molecule has 27 heavy (non-hydrogen) atoms. The molecule has 2 aromatic carbocycles. The maximum Gasteiger partial charge on any atom is 0.281 e. The monoisotopic (exact) mass is 372 g/mol. The molecule has 1 N–H and O–H groups in total. The number of ether oxygens (including phenoxy) is 2. The molecule has 2 aromatic rings. The molecule has 0 spiro atoms. The lowest BCUT2D eigenvalue weighted by molar-refractivity contribution is -0.148. The molecule has 1 aliphatic heterocycles. The van der Waals surface area contributed by atoms with Crippen molar-refractivity contribution in [2.24, 2.45) is 0 Å². The van der Waals surface area contributed by atoms with Crippen LogP contribution >= 0.6 is 0 Å². The van der Waals surface area contributed by atoms with Crippen molar-refractivity contribution in [3.8, 4) is 5.75 Å². The Morgan fingerprint density at radius 2 is 1.93 bits per heavy atom. The minimum Gasteiger partial charge on any atom is -0.466 e. The number of fused-ring (bicyclic) bond motifs is 1. The Balaban J connectivity index is 1.95. The second kappa shape index (κ2) is 7.75. The third-order valence-corrected chi connectivity index (χ3v) is 4.43. The first-order chi connectivity index (χ1) is 13.0. The highest BCUT2D eigenvalue weighted by Crippen LogP contribution is 2.38. The fraction of sp³-hybridized carbons (Fsp3) is 0.300. The topological polar surface area (TPSA) is 67.9 Å². The third-order valence-electron chi connectivity index (χ3n) is 4.43. The van der Waals surface area contributed by atoms with Gasteiger partial charge < -0.3 is 19.7 Å². The number of anilines is 1. The van der Waals surface area contributed by atoms with Crippen LogP contribution in [-0.4, -0.2) is 37.7 Å². The molecule has 0 aromatic heterocycles. The number of hydrogen-bond acceptors (Lipinski definition) is 4. The smallest absolute Gasteiger partial charge is 0.281 e. The molecule has 0 fully saturated rings. The first-order valence-electron chi connectivity index (χ1n) is 8.58. The average Bonchev–Trinajstić information content (AvgIpc) is 2.67. The first-order valence-corrected chi connectivity index (χ1v) is 8.58. The molecule has 0 aliphatic carbocycles. The molecule has 1 heterocycles. The second-order valence-corrected chi connectivity index (χ2v) is 6.33. The number of amides is 2. The van der Waals surface area contributed by atoms with Gasteiger partial charge in [-0.2, -0.15) is 0 Å². The summed E-state index contributed by atoms with van der Waals surface area (Å²) in [4.78, 5) is 27.2. The number of rotatable bonds is 6. The van der Waals surface area contributed by atoms with Gasteiger partial charge in [-0.25, -0.2) is 4.39 Å². The van der Waals surface area contributed by atoms with E-state index in [-0.39, 0.29) is 13.1 Å². The highest BCUT2D eigenvalue weighted by Gasteiger charge is 2.50. The minimum absolute atomic E-state index is 0.00712. The number of hydrogen-bond donors (Lipinski definition) is 1. The number of benzene rings is 2. The summed E-state index contributed by atoms with van der Waals surface area (Å²) in [5.41, 5.74) is -0.912. The molecule has 1 atom stereocenters. The summed E-state index contributed by atoms with van der Waals surface area (Å²) >= 11 is 0. The van der Waals surface area contributed by atoms with E-state index in [4.69, 9.17) is 9.47 Å². The van der Waals surface area contributed by atoms with Crippen LogP contribution in [0.1, 0.15) is 12.5 Å². The number of halogens is 1. The van der Waals surface area contributed by atoms with E-state index >= 15 is 0 Å². The van der Waals surface area contributed by atoms with Gasteiger partial charge in [-0.15, -0.1) is 0 Å². The van der Waals surface area contributed by atoms with E-state index in [1.54, 1.807) is 42.5 Å². The van der Waals surface area contributed by atoms with Crippen LogP contribution < -0.4 is 15.0 Å². The van der Waals surface area contributed by atoms with E-state index in [9.17, 15) is 14.0 Å². The van der Waals surface area contributed by atoms with Gasteiger partial charge >= 0.3 is 0 Å². The van der Waals surface area contributed by atoms with Crippen molar-refractivity contribution >= 4 is 17.5 Å². The van der Waals surface area contributed by atoms with Crippen LogP contribution in [0.5, 0.6) is 5.75 Å². The lowest BCUT2D eigenvalue weighted by Gasteiger charge is -2.39. The number of methoxy groups -OCH3 is 1. The summed E-state index contributed by atoms with van der Waals surface area (Å²) in [7, 11) is 1.52. The van der Waals surface area contributed by atoms with Crippen molar-refractivity contribution < 1.29 is 23.5 Å². The van der Waals surface area contributed by atoms with Crippen molar-refractivity contribution in [2.75, 3.05) is 25.2 Å². The normalized spacial score (nSPS) is 18.6. The summed E-state index contributed by atoms with van der Waals surface area (Å²) in [6, 6.07) is 13.1. The maximum absolute atomic E-state index is 14.1. The highest BCUT2D eigenvalue weighted by atomic mass is 19.1. The fourth-order valence-electron chi connectivity index (χ4n) is 2.93. The van der Waals surface area contributed by atoms with E-state index in [0.717, 1.165) is 0 Å². The molecule has 1 unspecified atom stereocenters. The quantitative estimate of drug-likeness (QED) is 0.624. The minimum atomic E-state index is -1.76. The van der Waals surface area contributed by atoms with Crippen LogP contribution in [0, 0.1) is 5.82 Å². The van der Waals surface area contributed by atoms with Crippen molar-refractivity contribution in [1.29, 1.82) is 0 Å². The molecule has 2 amide bonds. The second-order valence-electron chi connectivity index (χ2n) is 6.33. The Kier molecular flexibility index (Phi) is 5.41. The van der Waals surface area contributed by atoms with Crippen molar-refractivity contribution in [2.45, 2.75) is 19.1 Å². The predicted molar refractivity (Wildman–Crippen MR) is 98.0 cm³/mol. The molecule has 0 radical (unpaired) electrons. The van der Waals surface area contributed by atoms with Gasteiger partial charge in [-0.1, -0.05) is 30.3 Å². The van der Waals surface area contributed by atoms with Gasteiger partial charge in [0, 0.05) is 19.2 Å². The lowest BCUT2D eigenvalue weighted by Crippen LogP contribution is -2.62. The molecule has 6 nitrogen and oxygen atoms in total. The molecular formula is C20H21FN2O4. The van der Waals surface area contributed by atoms with E-state index < -0.39 is 23.2 Å². The molecule has 1 aliphatic rings. The maximum atomic E-state index is 14.1.